The fourth-order valence-corrected chi connectivity index (χ4v) is 3.93. The zero-order valence-electron chi connectivity index (χ0n) is 17.1. The second kappa shape index (κ2) is 10.1. The number of oxazole rings is 1. The Morgan fingerprint density at radius 2 is 1.83 bits per heavy atom. The number of carbonyl (C=O) groups excluding carboxylic acids is 1. The molecule has 1 atom stereocenters. The Kier molecular flexibility index (Phi) is 7.24. The van der Waals surface area contributed by atoms with Crippen LogP contribution in [0.15, 0.2) is 52.9 Å². The summed E-state index contributed by atoms with van der Waals surface area (Å²) in [5, 5.41) is 2.78. The van der Waals surface area contributed by atoms with E-state index >= 15 is 0 Å². The van der Waals surface area contributed by atoms with Gasteiger partial charge >= 0.3 is 0 Å². The molecule has 1 heterocycles. The molecule has 0 bridgehead atoms. The van der Waals surface area contributed by atoms with Gasteiger partial charge in [-0.25, -0.2) is 4.98 Å². The Bertz CT molecular complexity index is 1030. The zero-order valence-corrected chi connectivity index (χ0v) is 18.0. The first-order chi connectivity index (χ1) is 14.5. The van der Waals surface area contributed by atoms with Crippen LogP contribution in [0.1, 0.15) is 17.0 Å². The van der Waals surface area contributed by atoms with Crippen molar-refractivity contribution < 1.29 is 22.9 Å². The van der Waals surface area contributed by atoms with Gasteiger partial charge in [0.1, 0.15) is 23.0 Å². The van der Waals surface area contributed by atoms with Gasteiger partial charge in [-0.15, -0.1) is 0 Å². The predicted octanol–water partition coefficient (Wildman–Crippen LogP) is 3.23. The molecule has 1 aromatic heterocycles. The quantitative estimate of drug-likeness (QED) is 0.563. The van der Waals surface area contributed by atoms with E-state index in [2.05, 4.69) is 10.3 Å². The molecule has 0 aliphatic rings. The molecule has 1 N–H and O–H groups in total. The highest BCUT2D eigenvalue weighted by atomic mass is 32.2. The van der Waals surface area contributed by atoms with Crippen molar-refractivity contribution in [2.75, 3.05) is 20.0 Å². The van der Waals surface area contributed by atoms with E-state index in [0.29, 0.717) is 29.6 Å². The average molecular weight is 429 g/mol. The van der Waals surface area contributed by atoms with Crippen LogP contribution in [-0.2, 0) is 27.9 Å². The maximum absolute atomic E-state index is 12.5. The van der Waals surface area contributed by atoms with Gasteiger partial charge in [0, 0.05) is 28.5 Å². The van der Waals surface area contributed by atoms with E-state index in [4.69, 9.17) is 13.9 Å². The predicted molar refractivity (Wildman–Crippen MR) is 115 cm³/mol. The number of amides is 1. The number of hydrogen-bond donors (Lipinski definition) is 1. The lowest BCUT2D eigenvalue weighted by Crippen LogP contribution is -2.28. The van der Waals surface area contributed by atoms with Gasteiger partial charge in [0.05, 0.1) is 25.7 Å². The molecular formula is C22H24N2O5S. The molecule has 3 rings (SSSR count). The zero-order chi connectivity index (χ0) is 21.5. The van der Waals surface area contributed by atoms with Gasteiger partial charge in [-0.1, -0.05) is 18.2 Å². The maximum Gasteiger partial charge on any atom is 0.232 e. The van der Waals surface area contributed by atoms with Crippen molar-refractivity contribution >= 4 is 16.7 Å². The van der Waals surface area contributed by atoms with E-state index in [-0.39, 0.29) is 17.4 Å². The molecular weight excluding hydrogens is 404 g/mol. The number of hydrogen-bond acceptors (Lipinski definition) is 6. The van der Waals surface area contributed by atoms with Crippen LogP contribution in [0.4, 0.5) is 0 Å². The van der Waals surface area contributed by atoms with Crippen molar-refractivity contribution in [1.29, 1.82) is 0 Å². The number of methoxy groups -OCH3 is 2. The number of nitrogens with zero attached hydrogens (tertiary/aromatic N) is 1. The molecule has 1 amide bonds. The SMILES string of the molecule is COc1ccc(-c2nc(C[S@](=O)CC(=O)NCc3ccccc3OC)c(C)o2)cc1. The Hall–Kier alpha value is -3.13. The summed E-state index contributed by atoms with van der Waals surface area (Å²) in [6.45, 7) is 2.08. The molecule has 0 fully saturated rings. The van der Waals surface area contributed by atoms with Crippen LogP contribution < -0.4 is 14.8 Å². The number of para-hydroxylation sites is 1. The monoisotopic (exact) mass is 428 g/mol. The van der Waals surface area contributed by atoms with E-state index in [0.717, 1.165) is 16.9 Å². The smallest absolute Gasteiger partial charge is 0.232 e. The van der Waals surface area contributed by atoms with Crippen LogP contribution in [0.3, 0.4) is 0 Å². The van der Waals surface area contributed by atoms with E-state index < -0.39 is 10.8 Å². The van der Waals surface area contributed by atoms with Crippen LogP contribution in [0.5, 0.6) is 11.5 Å². The van der Waals surface area contributed by atoms with Gasteiger partial charge in [-0.3, -0.25) is 9.00 Å². The lowest BCUT2D eigenvalue weighted by molar-refractivity contribution is -0.118. The fraction of sp³-hybridized carbons (Fsp3) is 0.273. The summed E-state index contributed by atoms with van der Waals surface area (Å²) < 4.78 is 28.6. The van der Waals surface area contributed by atoms with Crippen molar-refractivity contribution in [3.63, 3.8) is 0 Å². The molecule has 0 saturated heterocycles. The summed E-state index contributed by atoms with van der Waals surface area (Å²) in [4.78, 5) is 16.6. The van der Waals surface area contributed by atoms with Crippen LogP contribution in [0, 0.1) is 6.92 Å². The molecule has 2 aromatic carbocycles. The van der Waals surface area contributed by atoms with Gasteiger partial charge in [-0.05, 0) is 37.3 Å². The van der Waals surface area contributed by atoms with Crippen molar-refractivity contribution in [3.05, 3.63) is 65.5 Å². The van der Waals surface area contributed by atoms with Crippen molar-refractivity contribution in [3.8, 4) is 23.0 Å². The first-order valence-corrected chi connectivity index (χ1v) is 10.8. The number of nitrogens with one attached hydrogen (secondary N) is 1. The van der Waals surface area contributed by atoms with Gasteiger partial charge in [0.25, 0.3) is 0 Å². The molecule has 0 spiro atoms. The number of carbonyl (C=O) groups is 1. The van der Waals surface area contributed by atoms with Crippen LogP contribution in [-0.4, -0.2) is 35.1 Å². The molecule has 0 aliphatic carbocycles. The summed E-state index contributed by atoms with van der Waals surface area (Å²) in [7, 11) is 1.77. The highest BCUT2D eigenvalue weighted by Gasteiger charge is 2.16. The Labute approximate surface area is 177 Å². The van der Waals surface area contributed by atoms with Crippen LogP contribution in [0.25, 0.3) is 11.5 Å². The average Bonchev–Trinajstić information content (AvgIpc) is 3.12. The van der Waals surface area contributed by atoms with Crippen LogP contribution >= 0.6 is 0 Å². The lowest BCUT2D eigenvalue weighted by atomic mass is 10.2. The molecule has 7 nitrogen and oxygen atoms in total. The van der Waals surface area contributed by atoms with Gasteiger partial charge in [0.15, 0.2) is 0 Å². The summed E-state index contributed by atoms with van der Waals surface area (Å²) >= 11 is 0. The number of aromatic nitrogens is 1. The minimum Gasteiger partial charge on any atom is -0.497 e. The highest BCUT2D eigenvalue weighted by molar-refractivity contribution is 7.84. The molecule has 0 saturated carbocycles. The molecule has 8 heteroatoms. The van der Waals surface area contributed by atoms with E-state index in [1.807, 2.05) is 48.5 Å². The van der Waals surface area contributed by atoms with Gasteiger partial charge < -0.3 is 19.2 Å². The second-order valence-corrected chi connectivity index (χ2v) is 8.02. The first-order valence-electron chi connectivity index (χ1n) is 9.34. The third-order valence-corrected chi connectivity index (χ3v) is 5.67. The number of benzene rings is 2. The van der Waals surface area contributed by atoms with E-state index in [1.165, 1.54) is 0 Å². The van der Waals surface area contributed by atoms with Crippen molar-refractivity contribution in [2.24, 2.45) is 0 Å². The summed E-state index contributed by atoms with van der Waals surface area (Å²) in [6.07, 6.45) is 0. The standard InChI is InChI=1S/C22H24N2O5S/c1-15-19(24-22(29-15)16-8-10-18(27-2)11-9-16)13-30(26)14-21(25)23-12-17-6-4-5-7-20(17)28-3/h4-11H,12-14H2,1-3H3,(H,23,25)/t30-/m0/s1. The second-order valence-electron chi connectivity index (χ2n) is 6.57. The number of rotatable bonds is 9. The Morgan fingerprint density at radius 1 is 1.10 bits per heavy atom. The fourth-order valence-electron chi connectivity index (χ4n) is 2.86. The normalized spacial score (nSPS) is 11.7. The molecule has 0 aliphatic heterocycles. The van der Waals surface area contributed by atoms with Crippen LogP contribution in [0.2, 0.25) is 0 Å². The van der Waals surface area contributed by atoms with Crippen molar-refractivity contribution in [2.45, 2.75) is 19.2 Å². The summed E-state index contributed by atoms with van der Waals surface area (Å²) in [5.41, 5.74) is 2.23. The third-order valence-electron chi connectivity index (χ3n) is 4.49. The van der Waals surface area contributed by atoms with Gasteiger partial charge in [-0.2, -0.15) is 0 Å². The summed E-state index contributed by atoms with van der Waals surface area (Å²) in [5.74, 6) is 2.21. The minimum absolute atomic E-state index is 0.112. The first kappa shape index (κ1) is 21.6. The number of ether oxygens (including phenoxy) is 2. The number of aryl methyl sites for hydroxylation is 1. The topological polar surface area (TPSA) is 90.7 Å². The van der Waals surface area contributed by atoms with E-state index in [1.54, 1.807) is 21.1 Å². The maximum atomic E-state index is 12.5. The lowest BCUT2D eigenvalue weighted by Gasteiger charge is -2.09. The Balaban J connectivity index is 1.56. The third kappa shape index (κ3) is 5.48. The molecule has 0 radical (unpaired) electrons. The highest BCUT2D eigenvalue weighted by Crippen LogP contribution is 2.24. The van der Waals surface area contributed by atoms with Crippen molar-refractivity contribution in [1.82, 2.24) is 10.3 Å². The molecule has 0 unspecified atom stereocenters. The van der Waals surface area contributed by atoms with E-state index in [9.17, 15) is 9.00 Å². The van der Waals surface area contributed by atoms with Gasteiger partial charge in [0.2, 0.25) is 11.8 Å². The molecule has 158 valence electrons. The molecule has 30 heavy (non-hydrogen) atoms. The summed E-state index contributed by atoms with van der Waals surface area (Å²) in [6, 6.07) is 14.8. The molecule has 3 aromatic rings. The minimum atomic E-state index is -1.41. The largest absolute Gasteiger partial charge is 0.497 e. The Morgan fingerprint density at radius 3 is 2.53 bits per heavy atom.